The van der Waals surface area contributed by atoms with Gasteiger partial charge in [-0.1, -0.05) is 38.5 Å². The van der Waals surface area contributed by atoms with E-state index >= 15 is 0 Å². The van der Waals surface area contributed by atoms with E-state index < -0.39 is 6.10 Å². The Balaban J connectivity index is 0.000000260. The first-order chi connectivity index (χ1) is 12.5. The molecule has 0 aromatic carbocycles. The molecule has 0 aromatic rings. The molecule has 5 heteroatoms. The van der Waals surface area contributed by atoms with Crippen molar-refractivity contribution in [3.63, 3.8) is 0 Å². The van der Waals surface area contributed by atoms with Gasteiger partial charge in [-0.05, 0) is 46.5 Å². The summed E-state index contributed by atoms with van der Waals surface area (Å²) in [6.45, 7) is 6.10. The monoisotopic (exact) mass is 374 g/mol. The summed E-state index contributed by atoms with van der Waals surface area (Å²) in [7, 11) is 0. The third kappa shape index (κ3) is 12.2. The Morgan fingerprint density at radius 3 is 1.62 bits per heavy atom. The van der Waals surface area contributed by atoms with Gasteiger partial charge in [-0.2, -0.15) is 0 Å². The first kappa shape index (κ1) is 23.8. The molecule has 2 rings (SSSR count). The molecular formula is C21H42O5. The number of hydrogen-bond donors (Lipinski definition) is 2. The van der Waals surface area contributed by atoms with E-state index in [0.717, 1.165) is 0 Å². The minimum Gasteiger partial charge on any atom is -0.394 e. The summed E-state index contributed by atoms with van der Waals surface area (Å²) < 4.78 is 16.6. The van der Waals surface area contributed by atoms with Crippen molar-refractivity contribution in [3.05, 3.63) is 0 Å². The summed E-state index contributed by atoms with van der Waals surface area (Å²) in [6.07, 6.45) is 14.4. The Morgan fingerprint density at radius 2 is 1.19 bits per heavy atom. The molecule has 2 saturated carbocycles. The number of rotatable bonds is 9. The van der Waals surface area contributed by atoms with Gasteiger partial charge in [0.15, 0.2) is 0 Å². The lowest BCUT2D eigenvalue weighted by atomic mass is 9.95. The maximum Gasteiger partial charge on any atom is 0.0781 e. The van der Waals surface area contributed by atoms with E-state index in [1.165, 1.54) is 64.2 Å². The lowest BCUT2D eigenvalue weighted by molar-refractivity contribution is -0.0620. The predicted octanol–water partition coefficient (Wildman–Crippen LogP) is 3.84. The van der Waals surface area contributed by atoms with E-state index in [0.29, 0.717) is 25.4 Å². The van der Waals surface area contributed by atoms with Gasteiger partial charge in [-0.25, -0.2) is 0 Å². The van der Waals surface area contributed by atoms with Crippen molar-refractivity contribution in [2.24, 2.45) is 0 Å². The average molecular weight is 375 g/mol. The quantitative estimate of drug-likeness (QED) is 0.642. The summed E-state index contributed by atoms with van der Waals surface area (Å²) in [5.41, 5.74) is 0. The molecule has 3 unspecified atom stereocenters. The maximum atomic E-state index is 8.92. The van der Waals surface area contributed by atoms with Gasteiger partial charge >= 0.3 is 0 Å². The van der Waals surface area contributed by atoms with Gasteiger partial charge in [0.2, 0.25) is 0 Å². The van der Waals surface area contributed by atoms with Crippen molar-refractivity contribution < 1.29 is 24.4 Å². The molecule has 0 heterocycles. The van der Waals surface area contributed by atoms with Crippen LogP contribution in [0.4, 0.5) is 0 Å². The second-order valence-electron chi connectivity index (χ2n) is 7.98. The zero-order valence-corrected chi connectivity index (χ0v) is 17.2. The summed E-state index contributed by atoms with van der Waals surface area (Å²) in [5.74, 6) is 0. The fourth-order valence-electron chi connectivity index (χ4n) is 3.38. The van der Waals surface area contributed by atoms with Crippen molar-refractivity contribution in [2.75, 3.05) is 19.8 Å². The van der Waals surface area contributed by atoms with E-state index in [-0.39, 0.29) is 18.8 Å². The summed E-state index contributed by atoms with van der Waals surface area (Å²) in [5, 5.41) is 17.6. The Labute approximate surface area is 160 Å². The van der Waals surface area contributed by atoms with Crippen LogP contribution in [0.3, 0.4) is 0 Å². The third-order valence-electron chi connectivity index (χ3n) is 4.98. The highest BCUT2D eigenvalue weighted by atomic mass is 16.5. The molecular weight excluding hydrogens is 332 g/mol. The number of ether oxygens (including phenoxy) is 3. The molecule has 0 aliphatic heterocycles. The van der Waals surface area contributed by atoms with Gasteiger partial charge < -0.3 is 24.4 Å². The molecule has 0 aromatic heterocycles. The fraction of sp³-hybridized carbons (Fsp3) is 1.00. The fourth-order valence-corrected chi connectivity index (χ4v) is 3.38. The zero-order chi connectivity index (χ0) is 19.2. The Kier molecular flexibility index (Phi) is 13.6. The van der Waals surface area contributed by atoms with Crippen LogP contribution in [0.5, 0.6) is 0 Å². The van der Waals surface area contributed by atoms with Crippen molar-refractivity contribution >= 4 is 0 Å². The van der Waals surface area contributed by atoms with Gasteiger partial charge in [-0.15, -0.1) is 0 Å². The van der Waals surface area contributed by atoms with E-state index in [1.807, 2.05) is 6.92 Å². The second kappa shape index (κ2) is 14.8. The minimum atomic E-state index is -0.447. The Morgan fingerprint density at radius 1 is 0.731 bits per heavy atom. The zero-order valence-electron chi connectivity index (χ0n) is 17.2. The molecule has 2 aliphatic carbocycles. The van der Waals surface area contributed by atoms with Crippen LogP contribution < -0.4 is 0 Å². The molecule has 3 atom stereocenters. The maximum absolute atomic E-state index is 8.92. The van der Waals surface area contributed by atoms with Gasteiger partial charge in [0.1, 0.15) is 0 Å². The molecule has 2 fully saturated rings. The molecule has 2 aliphatic rings. The Bertz CT molecular complexity index is 296. The SMILES string of the molecule is C1CCC(OC2CCCCC2)CC1.CC(O)COC(C)COC(C)CO. The van der Waals surface area contributed by atoms with Gasteiger partial charge in [0, 0.05) is 0 Å². The van der Waals surface area contributed by atoms with Crippen molar-refractivity contribution in [2.45, 2.75) is 115 Å². The summed E-state index contributed by atoms with van der Waals surface area (Å²) in [6, 6.07) is 0. The molecule has 156 valence electrons. The van der Waals surface area contributed by atoms with Crippen LogP contribution >= 0.6 is 0 Å². The third-order valence-corrected chi connectivity index (χ3v) is 4.98. The topological polar surface area (TPSA) is 68.2 Å². The minimum absolute atomic E-state index is 0.0170. The highest BCUT2D eigenvalue weighted by molar-refractivity contribution is 4.71. The van der Waals surface area contributed by atoms with E-state index in [1.54, 1.807) is 13.8 Å². The van der Waals surface area contributed by atoms with Crippen LogP contribution in [0.15, 0.2) is 0 Å². The number of aliphatic hydroxyl groups is 2. The molecule has 0 bridgehead atoms. The lowest BCUT2D eigenvalue weighted by Gasteiger charge is -2.29. The number of hydrogen-bond acceptors (Lipinski definition) is 5. The smallest absolute Gasteiger partial charge is 0.0781 e. The van der Waals surface area contributed by atoms with Crippen LogP contribution in [-0.2, 0) is 14.2 Å². The Hall–Kier alpha value is -0.200. The standard InChI is InChI=1S/C12H22O.C9H20O4/c1-3-7-11(8-4-1)13-12-9-5-2-6-10-12;1-7(11)5-12-9(3)6-13-8(2)4-10/h11-12H,1-10H2;7-11H,4-6H2,1-3H3. The normalized spacial score (nSPS) is 23.0. The van der Waals surface area contributed by atoms with E-state index in [2.05, 4.69) is 0 Å². The van der Waals surface area contributed by atoms with Gasteiger partial charge in [0.05, 0.1) is 50.3 Å². The van der Waals surface area contributed by atoms with Crippen molar-refractivity contribution in [3.8, 4) is 0 Å². The largest absolute Gasteiger partial charge is 0.394 e. The number of aliphatic hydroxyl groups excluding tert-OH is 2. The molecule has 0 spiro atoms. The lowest BCUT2D eigenvalue weighted by Crippen LogP contribution is -2.25. The first-order valence-corrected chi connectivity index (χ1v) is 10.7. The summed E-state index contributed by atoms with van der Waals surface area (Å²) >= 11 is 0. The van der Waals surface area contributed by atoms with Crippen molar-refractivity contribution in [1.82, 2.24) is 0 Å². The molecule has 0 amide bonds. The molecule has 26 heavy (non-hydrogen) atoms. The highest BCUT2D eigenvalue weighted by Gasteiger charge is 2.20. The van der Waals surface area contributed by atoms with Crippen molar-refractivity contribution in [1.29, 1.82) is 0 Å². The van der Waals surface area contributed by atoms with Crippen LogP contribution in [0.25, 0.3) is 0 Å². The molecule has 0 saturated heterocycles. The second-order valence-corrected chi connectivity index (χ2v) is 7.98. The molecule has 5 nitrogen and oxygen atoms in total. The van der Waals surface area contributed by atoms with Gasteiger partial charge in [-0.3, -0.25) is 0 Å². The van der Waals surface area contributed by atoms with Crippen LogP contribution in [-0.4, -0.2) is 60.6 Å². The molecule has 2 N–H and O–H groups in total. The highest BCUT2D eigenvalue weighted by Crippen LogP contribution is 2.26. The van der Waals surface area contributed by atoms with Crippen LogP contribution in [0.1, 0.15) is 85.0 Å². The van der Waals surface area contributed by atoms with Crippen LogP contribution in [0, 0.1) is 0 Å². The summed E-state index contributed by atoms with van der Waals surface area (Å²) in [4.78, 5) is 0. The van der Waals surface area contributed by atoms with Crippen LogP contribution in [0.2, 0.25) is 0 Å². The average Bonchev–Trinajstić information content (AvgIpc) is 2.66. The van der Waals surface area contributed by atoms with E-state index in [9.17, 15) is 0 Å². The van der Waals surface area contributed by atoms with Gasteiger partial charge in [0.25, 0.3) is 0 Å². The van der Waals surface area contributed by atoms with E-state index in [4.69, 9.17) is 24.4 Å². The predicted molar refractivity (Wildman–Crippen MR) is 104 cm³/mol. The first-order valence-electron chi connectivity index (χ1n) is 10.7. The molecule has 0 radical (unpaired) electrons.